The number of halogens is 1. The summed E-state index contributed by atoms with van der Waals surface area (Å²) in [5, 5.41) is 6.21. The molecule has 5 unspecified atom stereocenters. The summed E-state index contributed by atoms with van der Waals surface area (Å²) in [5.74, 6) is -1.78. The maximum absolute atomic E-state index is 14.8. The number of nitrogens with zero attached hydrogens (tertiary/aromatic N) is 2. The number of aromatic nitrogens is 1. The topological polar surface area (TPSA) is 182 Å². The molecule has 4 aromatic rings. The molecule has 60 heavy (non-hydrogen) atoms. The van der Waals surface area contributed by atoms with E-state index in [1.807, 2.05) is 59.0 Å². The van der Waals surface area contributed by atoms with Crippen LogP contribution >= 0.6 is 22.6 Å². The number of hydrogen-bond donors (Lipinski definition) is 3. The predicted molar refractivity (Wildman–Crippen MR) is 235 cm³/mol. The second-order valence-electron chi connectivity index (χ2n) is 17.1. The number of fused-ring (bicyclic) bond motifs is 1. The monoisotopic (exact) mass is 951 g/mol. The Labute approximate surface area is 364 Å². The van der Waals surface area contributed by atoms with Crippen LogP contribution in [0.5, 0.6) is 11.5 Å². The molecule has 0 bridgehead atoms. The molecular weight excluding hydrogens is 901 g/mol. The van der Waals surface area contributed by atoms with Crippen LogP contribution in [0.1, 0.15) is 54.4 Å². The van der Waals surface area contributed by atoms with Crippen molar-refractivity contribution in [2.75, 3.05) is 13.7 Å². The van der Waals surface area contributed by atoms with E-state index >= 15 is 0 Å². The molecule has 318 valence electrons. The average Bonchev–Trinajstić information content (AvgIpc) is 3.74. The fourth-order valence-corrected chi connectivity index (χ4v) is 9.60. The van der Waals surface area contributed by atoms with Crippen LogP contribution in [0.2, 0.25) is 0 Å². The summed E-state index contributed by atoms with van der Waals surface area (Å²) in [6, 6.07) is 20.6. The maximum atomic E-state index is 14.8. The lowest BCUT2D eigenvalue weighted by molar-refractivity contribution is -0.143. The number of hydrogen-bond acceptors (Lipinski definition) is 10. The Hall–Kier alpha value is -5.23. The Morgan fingerprint density at radius 1 is 0.983 bits per heavy atom. The summed E-state index contributed by atoms with van der Waals surface area (Å²) in [6.07, 6.45) is -0.0274. The van der Waals surface area contributed by atoms with Crippen molar-refractivity contribution in [1.82, 2.24) is 25.2 Å². The first-order chi connectivity index (χ1) is 28.2. The molecule has 2 aliphatic rings. The molecule has 14 nitrogen and oxygen atoms in total. The number of carbonyl (C=O) groups is 4. The number of alkyl carbamates (subject to hydrolysis) is 1. The van der Waals surface area contributed by atoms with Crippen molar-refractivity contribution >= 4 is 67.3 Å². The highest BCUT2D eigenvalue weighted by molar-refractivity contribution is 14.1. The van der Waals surface area contributed by atoms with Crippen LogP contribution in [-0.2, 0) is 29.1 Å². The van der Waals surface area contributed by atoms with Gasteiger partial charge in [0.05, 0.1) is 24.9 Å². The van der Waals surface area contributed by atoms with Crippen molar-refractivity contribution in [1.29, 1.82) is 0 Å². The predicted octanol–water partition coefficient (Wildman–Crippen LogP) is 6.37. The van der Waals surface area contributed by atoms with Gasteiger partial charge in [0.25, 0.3) is 15.9 Å². The third kappa shape index (κ3) is 9.70. The van der Waals surface area contributed by atoms with E-state index in [4.69, 9.17) is 19.2 Å². The molecule has 5 atom stereocenters. The van der Waals surface area contributed by atoms with Gasteiger partial charge in [-0.3, -0.25) is 14.4 Å². The number of sulfonamides is 1. The average molecular weight is 952 g/mol. The zero-order chi connectivity index (χ0) is 43.8. The smallest absolute Gasteiger partial charge is 0.408 e. The Balaban J connectivity index is 1.35. The number of pyridine rings is 1. The molecule has 1 aliphatic heterocycles. The molecule has 1 saturated heterocycles. The molecule has 4 amide bonds. The highest BCUT2D eigenvalue weighted by Crippen LogP contribution is 2.45. The number of methoxy groups -OCH3 is 1. The Morgan fingerprint density at radius 3 is 2.28 bits per heavy atom. The van der Waals surface area contributed by atoms with Gasteiger partial charge < -0.3 is 29.7 Å². The number of benzene rings is 3. The lowest BCUT2D eigenvalue weighted by atomic mass is 9.85. The summed E-state index contributed by atoms with van der Waals surface area (Å²) in [7, 11) is -2.77. The quantitative estimate of drug-likeness (QED) is 0.107. The summed E-state index contributed by atoms with van der Waals surface area (Å²) in [4.78, 5) is 62.6. The SMILES string of the molecule is C=CC1CC1(NC(=O)C1CC(Oc2cc(-c3ccccc3)nc3cc(OC)ccc23)CN1C(=O)C(NC(=O)OC(C)(C)C)C(C)(C)C)C(=O)NS(=O)(=O)c1ccccc1I. The first-order valence-electron chi connectivity index (χ1n) is 19.4. The lowest BCUT2D eigenvalue weighted by Crippen LogP contribution is -2.60. The minimum atomic E-state index is -4.33. The molecule has 0 spiro atoms. The zero-order valence-corrected chi connectivity index (χ0v) is 37.5. The van der Waals surface area contributed by atoms with Gasteiger partial charge in [-0.1, -0.05) is 69.3 Å². The number of ether oxygens (including phenoxy) is 3. The van der Waals surface area contributed by atoms with Crippen molar-refractivity contribution < 1.29 is 41.8 Å². The van der Waals surface area contributed by atoms with Gasteiger partial charge in [-0.05, 0) is 79.5 Å². The van der Waals surface area contributed by atoms with E-state index in [2.05, 4.69) is 21.9 Å². The summed E-state index contributed by atoms with van der Waals surface area (Å²) >= 11 is 1.87. The van der Waals surface area contributed by atoms with Crippen molar-refractivity contribution in [3.05, 3.63) is 95.1 Å². The van der Waals surface area contributed by atoms with E-state index in [1.165, 1.54) is 17.0 Å². The first-order valence-corrected chi connectivity index (χ1v) is 22.0. The van der Waals surface area contributed by atoms with Crippen LogP contribution in [0.25, 0.3) is 22.2 Å². The van der Waals surface area contributed by atoms with Gasteiger partial charge in [0.2, 0.25) is 11.8 Å². The molecule has 1 saturated carbocycles. The Bertz CT molecular complexity index is 2430. The number of rotatable bonds is 12. The van der Waals surface area contributed by atoms with Gasteiger partial charge in [-0.25, -0.2) is 22.9 Å². The van der Waals surface area contributed by atoms with Crippen molar-refractivity contribution in [2.45, 2.75) is 88.6 Å². The number of carbonyl (C=O) groups excluding carboxylic acids is 4. The minimum Gasteiger partial charge on any atom is -0.497 e. The van der Waals surface area contributed by atoms with Gasteiger partial charge in [-0.2, -0.15) is 0 Å². The van der Waals surface area contributed by atoms with Crippen molar-refractivity contribution in [3.63, 3.8) is 0 Å². The van der Waals surface area contributed by atoms with Gasteiger partial charge >= 0.3 is 6.09 Å². The van der Waals surface area contributed by atoms with Crippen LogP contribution in [0.3, 0.4) is 0 Å². The van der Waals surface area contributed by atoms with Crippen molar-refractivity contribution in [2.24, 2.45) is 11.3 Å². The fourth-order valence-electron chi connectivity index (χ4n) is 7.22. The van der Waals surface area contributed by atoms with Crippen LogP contribution < -0.4 is 24.8 Å². The van der Waals surface area contributed by atoms with E-state index in [1.54, 1.807) is 85.1 Å². The standard InChI is InChI=1S/C44H50IN5O9S/c1-9-27-24-44(27,40(53)49-60(55,56)36-18-14-13-17-31(36)45)48-38(51)34-22-29(25-50(34)39(52)37(42(2,3)4)47-41(54)59-43(5,6)7)58-35-23-32(26-15-11-10-12-16-26)46-33-21-28(57-8)19-20-30(33)35/h9-21,23,27,29,34,37H,1,22,24-25H2,2-8H3,(H,47,54)(H,48,51)(H,49,53). The minimum absolute atomic E-state index is 0.0154. The highest BCUT2D eigenvalue weighted by atomic mass is 127. The summed E-state index contributed by atoms with van der Waals surface area (Å²) in [6.45, 7) is 14.2. The first kappa shape index (κ1) is 44.3. The molecule has 1 aromatic heterocycles. The number of amides is 4. The zero-order valence-electron chi connectivity index (χ0n) is 34.6. The van der Waals surface area contributed by atoms with E-state index in [0.717, 1.165) is 5.56 Å². The van der Waals surface area contributed by atoms with Crippen LogP contribution in [0.15, 0.2) is 96.4 Å². The van der Waals surface area contributed by atoms with Crippen molar-refractivity contribution in [3.8, 4) is 22.8 Å². The normalized spacial score (nSPS) is 20.7. The molecule has 0 radical (unpaired) electrons. The van der Waals surface area contributed by atoms with Crippen LogP contribution in [0, 0.1) is 14.9 Å². The molecule has 3 aromatic carbocycles. The molecular formula is C44H50IN5O9S. The third-order valence-corrected chi connectivity index (χ3v) is 13.1. The Kier molecular flexibility index (Phi) is 12.6. The fraction of sp³-hybridized carbons (Fsp3) is 0.386. The molecule has 2 heterocycles. The van der Waals surface area contributed by atoms with Gasteiger partial charge in [-0.15, -0.1) is 6.58 Å². The highest BCUT2D eigenvalue weighted by Gasteiger charge is 2.61. The molecule has 2 fully saturated rings. The van der Waals surface area contributed by atoms with E-state index in [-0.39, 0.29) is 24.3 Å². The van der Waals surface area contributed by atoms with Gasteiger partial charge in [0.1, 0.15) is 45.7 Å². The molecule has 6 rings (SSSR count). The van der Waals surface area contributed by atoms with E-state index < -0.39 is 74.5 Å². The van der Waals surface area contributed by atoms with E-state index in [0.29, 0.717) is 31.7 Å². The molecule has 1 aliphatic carbocycles. The van der Waals surface area contributed by atoms with E-state index in [9.17, 15) is 27.6 Å². The maximum Gasteiger partial charge on any atom is 0.408 e. The summed E-state index contributed by atoms with van der Waals surface area (Å²) < 4.78 is 47.1. The molecule has 16 heteroatoms. The second kappa shape index (κ2) is 17.0. The second-order valence-corrected chi connectivity index (χ2v) is 19.9. The summed E-state index contributed by atoms with van der Waals surface area (Å²) in [5.41, 5.74) is -1.32. The lowest BCUT2D eigenvalue weighted by Gasteiger charge is -2.36. The Morgan fingerprint density at radius 2 is 1.67 bits per heavy atom. The largest absolute Gasteiger partial charge is 0.497 e. The van der Waals surface area contributed by atoms with Crippen LogP contribution in [0.4, 0.5) is 4.79 Å². The van der Waals surface area contributed by atoms with Gasteiger partial charge in [0, 0.05) is 39.0 Å². The number of nitrogens with one attached hydrogen (secondary N) is 3. The number of likely N-dealkylation sites (tertiary alicyclic amines) is 1. The molecule has 3 N–H and O–H groups in total. The van der Waals surface area contributed by atoms with Crippen LogP contribution in [-0.4, -0.2) is 85.1 Å². The third-order valence-electron chi connectivity index (χ3n) is 10.4. The van der Waals surface area contributed by atoms with Gasteiger partial charge in [0.15, 0.2) is 0 Å².